The van der Waals surface area contributed by atoms with Gasteiger partial charge in [0.15, 0.2) is 0 Å². The molecule has 2 nitrogen and oxygen atoms in total. The molecule has 0 saturated carbocycles. The fourth-order valence-corrected chi connectivity index (χ4v) is 2.96. The van der Waals surface area contributed by atoms with E-state index in [4.69, 9.17) is 4.74 Å². The van der Waals surface area contributed by atoms with Crippen LogP contribution in [0.4, 0.5) is 0 Å². The first-order chi connectivity index (χ1) is 7.40. The van der Waals surface area contributed by atoms with Gasteiger partial charge in [0.25, 0.3) is 0 Å². The number of ether oxygens (including phenoxy) is 1. The zero-order valence-corrected chi connectivity index (χ0v) is 9.85. The topological polar surface area (TPSA) is 21.3 Å². The average Bonchev–Trinajstić information content (AvgIpc) is 2.79. The Morgan fingerprint density at radius 2 is 2.33 bits per heavy atom. The van der Waals surface area contributed by atoms with Gasteiger partial charge in [0.05, 0.1) is 7.11 Å². The van der Waals surface area contributed by atoms with Gasteiger partial charge in [-0.3, -0.25) is 0 Å². The summed E-state index contributed by atoms with van der Waals surface area (Å²) in [5.74, 6) is 2.13. The molecule has 82 valence electrons. The van der Waals surface area contributed by atoms with Gasteiger partial charge >= 0.3 is 0 Å². The van der Waals surface area contributed by atoms with Crippen LogP contribution in [0.5, 0.6) is 5.75 Å². The summed E-state index contributed by atoms with van der Waals surface area (Å²) in [5, 5.41) is 3.50. The van der Waals surface area contributed by atoms with E-state index in [1.165, 1.54) is 24.3 Å². The molecule has 0 spiro atoms. The van der Waals surface area contributed by atoms with Crippen molar-refractivity contribution in [1.82, 2.24) is 5.32 Å². The summed E-state index contributed by atoms with van der Waals surface area (Å²) in [5.41, 5.74) is 0. The van der Waals surface area contributed by atoms with Gasteiger partial charge < -0.3 is 10.1 Å². The Morgan fingerprint density at radius 1 is 1.47 bits per heavy atom. The SMILES string of the molecule is COc1ccccc1SC[C@@H]1CCCN1. The van der Waals surface area contributed by atoms with Crippen molar-refractivity contribution in [2.24, 2.45) is 0 Å². The summed E-state index contributed by atoms with van der Waals surface area (Å²) in [6, 6.07) is 8.90. The highest BCUT2D eigenvalue weighted by Gasteiger charge is 2.14. The molecule has 1 heterocycles. The second kappa shape index (κ2) is 5.42. The van der Waals surface area contributed by atoms with E-state index < -0.39 is 0 Å². The lowest BCUT2D eigenvalue weighted by Crippen LogP contribution is -2.23. The number of rotatable bonds is 4. The Balaban J connectivity index is 1.91. The largest absolute Gasteiger partial charge is 0.496 e. The first-order valence-corrected chi connectivity index (χ1v) is 6.38. The first kappa shape index (κ1) is 10.8. The lowest BCUT2D eigenvalue weighted by molar-refractivity contribution is 0.405. The first-order valence-electron chi connectivity index (χ1n) is 5.39. The van der Waals surface area contributed by atoms with Crippen molar-refractivity contribution in [3.8, 4) is 5.75 Å². The third-order valence-electron chi connectivity index (χ3n) is 2.67. The molecule has 0 radical (unpaired) electrons. The number of benzene rings is 1. The molecule has 3 heteroatoms. The van der Waals surface area contributed by atoms with Crippen LogP contribution in [0.25, 0.3) is 0 Å². The molecule has 0 aliphatic carbocycles. The number of thioether (sulfide) groups is 1. The van der Waals surface area contributed by atoms with Crippen LogP contribution in [0.1, 0.15) is 12.8 Å². The molecule has 0 aromatic heterocycles. The molecule has 15 heavy (non-hydrogen) atoms. The van der Waals surface area contributed by atoms with E-state index in [1.54, 1.807) is 7.11 Å². The lowest BCUT2D eigenvalue weighted by Gasteiger charge is -2.11. The van der Waals surface area contributed by atoms with Gasteiger partial charge in [0, 0.05) is 16.7 Å². The Kier molecular flexibility index (Phi) is 3.92. The van der Waals surface area contributed by atoms with E-state index in [-0.39, 0.29) is 0 Å². The predicted octanol–water partition coefficient (Wildman–Crippen LogP) is 2.54. The van der Waals surface area contributed by atoms with Gasteiger partial charge in [-0.15, -0.1) is 11.8 Å². The molecule has 1 aliphatic rings. The van der Waals surface area contributed by atoms with Crippen molar-refractivity contribution >= 4 is 11.8 Å². The van der Waals surface area contributed by atoms with Crippen molar-refractivity contribution in [1.29, 1.82) is 0 Å². The van der Waals surface area contributed by atoms with Crippen molar-refractivity contribution in [3.63, 3.8) is 0 Å². The minimum Gasteiger partial charge on any atom is -0.496 e. The molecule has 0 unspecified atom stereocenters. The van der Waals surface area contributed by atoms with Gasteiger partial charge in [0.2, 0.25) is 0 Å². The fourth-order valence-electron chi connectivity index (χ4n) is 1.83. The second-order valence-electron chi connectivity index (χ2n) is 3.76. The average molecular weight is 223 g/mol. The maximum absolute atomic E-state index is 5.32. The number of nitrogens with one attached hydrogen (secondary N) is 1. The van der Waals surface area contributed by atoms with Gasteiger partial charge in [-0.05, 0) is 31.5 Å². The minimum atomic E-state index is 0.680. The molecular formula is C12H17NOS. The molecule has 1 atom stereocenters. The van der Waals surface area contributed by atoms with Crippen LogP contribution in [-0.4, -0.2) is 25.4 Å². The quantitative estimate of drug-likeness (QED) is 0.793. The van der Waals surface area contributed by atoms with Crippen LogP contribution in [0.15, 0.2) is 29.2 Å². The molecule has 2 rings (SSSR count). The fraction of sp³-hybridized carbons (Fsp3) is 0.500. The molecule has 1 aromatic rings. The number of methoxy groups -OCH3 is 1. The molecular weight excluding hydrogens is 206 g/mol. The van der Waals surface area contributed by atoms with Gasteiger partial charge in [0.1, 0.15) is 5.75 Å². The van der Waals surface area contributed by atoms with Crippen molar-refractivity contribution < 1.29 is 4.74 Å². The zero-order chi connectivity index (χ0) is 10.5. The molecule has 1 aromatic carbocycles. The van der Waals surface area contributed by atoms with Crippen molar-refractivity contribution in [3.05, 3.63) is 24.3 Å². The van der Waals surface area contributed by atoms with Crippen LogP contribution in [0.3, 0.4) is 0 Å². The molecule has 1 fully saturated rings. The molecule has 0 bridgehead atoms. The van der Waals surface area contributed by atoms with E-state index in [0.29, 0.717) is 6.04 Å². The van der Waals surface area contributed by atoms with Crippen LogP contribution in [0.2, 0.25) is 0 Å². The summed E-state index contributed by atoms with van der Waals surface area (Å²) in [7, 11) is 1.73. The third kappa shape index (κ3) is 2.89. The minimum absolute atomic E-state index is 0.680. The molecule has 1 saturated heterocycles. The van der Waals surface area contributed by atoms with Crippen LogP contribution in [-0.2, 0) is 0 Å². The van der Waals surface area contributed by atoms with Crippen molar-refractivity contribution in [2.75, 3.05) is 19.4 Å². The maximum atomic E-state index is 5.32. The number of hydrogen-bond donors (Lipinski definition) is 1. The highest BCUT2D eigenvalue weighted by atomic mass is 32.2. The highest BCUT2D eigenvalue weighted by molar-refractivity contribution is 7.99. The summed E-state index contributed by atoms with van der Waals surface area (Å²) in [6.45, 7) is 1.18. The summed E-state index contributed by atoms with van der Waals surface area (Å²) in [6.07, 6.45) is 2.62. The van der Waals surface area contributed by atoms with E-state index in [2.05, 4.69) is 17.4 Å². The second-order valence-corrected chi connectivity index (χ2v) is 4.82. The number of hydrogen-bond acceptors (Lipinski definition) is 3. The number of para-hydroxylation sites is 1. The smallest absolute Gasteiger partial charge is 0.132 e. The highest BCUT2D eigenvalue weighted by Crippen LogP contribution is 2.29. The molecule has 1 aliphatic heterocycles. The predicted molar refractivity (Wildman–Crippen MR) is 64.7 cm³/mol. The zero-order valence-electron chi connectivity index (χ0n) is 9.03. The van der Waals surface area contributed by atoms with Crippen LogP contribution >= 0.6 is 11.8 Å². The van der Waals surface area contributed by atoms with E-state index in [9.17, 15) is 0 Å². The Bertz CT molecular complexity index is 310. The monoisotopic (exact) mass is 223 g/mol. The molecule has 1 N–H and O–H groups in total. The maximum Gasteiger partial charge on any atom is 0.132 e. The Labute approximate surface area is 95.4 Å². The Morgan fingerprint density at radius 3 is 3.07 bits per heavy atom. The third-order valence-corrected chi connectivity index (χ3v) is 3.89. The van der Waals surface area contributed by atoms with Crippen LogP contribution in [0, 0.1) is 0 Å². The molecule has 0 amide bonds. The van der Waals surface area contributed by atoms with E-state index >= 15 is 0 Å². The summed E-state index contributed by atoms with van der Waals surface area (Å²) < 4.78 is 5.32. The lowest BCUT2D eigenvalue weighted by atomic mass is 10.3. The summed E-state index contributed by atoms with van der Waals surface area (Å²) >= 11 is 1.88. The summed E-state index contributed by atoms with van der Waals surface area (Å²) in [4.78, 5) is 1.24. The normalized spacial score (nSPS) is 20.5. The van der Waals surface area contributed by atoms with Gasteiger partial charge in [-0.1, -0.05) is 12.1 Å². The van der Waals surface area contributed by atoms with Crippen LogP contribution < -0.4 is 10.1 Å². The van der Waals surface area contributed by atoms with E-state index in [1.807, 2.05) is 23.9 Å². The standard InChI is InChI=1S/C12H17NOS/c1-14-11-6-2-3-7-12(11)15-9-10-5-4-8-13-10/h2-3,6-7,10,13H,4-5,8-9H2,1H3/t10-/m0/s1. The van der Waals surface area contributed by atoms with Gasteiger partial charge in [-0.25, -0.2) is 0 Å². The Hall–Kier alpha value is -0.670. The van der Waals surface area contributed by atoms with E-state index in [0.717, 1.165) is 11.5 Å². The van der Waals surface area contributed by atoms with Crippen molar-refractivity contribution in [2.45, 2.75) is 23.8 Å². The van der Waals surface area contributed by atoms with Gasteiger partial charge in [-0.2, -0.15) is 0 Å².